The fraction of sp³-hybridized carbons (Fsp3) is 0.556. The van der Waals surface area contributed by atoms with Crippen molar-refractivity contribution in [2.45, 2.75) is 45.6 Å². The summed E-state index contributed by atoms with van der Waals surface area (Å²) in [5.74, 6) is 0.358. The monoisotopic (exact) mass is 355 g/mol. The third kappa shape index (κ3) is 5.91. The molecule has 0 amide bonds. The zero-order valence-corrected chi connectivity index (χ0v) is 15.1. The highest BCUT2D eigenvalue weighted by molar-refractivity contribution is 7.89. The molecule has 24 heavy (non-hydrogen) atoms. The third-order valence-corrected chi connectivity index (χ3v) is 5.46. The Morgan fingerprint density at radius 2 is 2.17 bits per heavy atom. The maximum absolute atomic E-state index is 13.9. The first-order valence-corrected chi connectivity index (χ1v) is 10.1. The van der Waals surface area contributed by atoms with Crippen LogP contribution in [-0.4, -0.2) is 20.8 Å². The van der Waals surface area contributed by atoms with Gasteiger partial charge in [-0.05, 0) is 56.2 Å². The van der Waals surface area contributed by atoms with E-state index in [0.29, 0.717) is 25.4 Å². The second kappa shape index (κ2) is 8.62. The average molecular weight is 355 g/mol. The van der Waals surface area contributed by atoms with E-state index in [0.717, 1.165) is 18.4 Å². The standard InChI is InChI=1S/C18H26FNO3S/c1-3-5-6-11-24(21,22)20-17(4-2)15-9-10-16(19)18(12-15)23-13-14-7-8-14/h3,5,9-10,12,14,17,20H,4,6-8,11,13H2,1-2H3/b5-3+/t17-/m1/s1. The summed E-state index contributed by atoms with van der Waals surface area (Å²) in [5, 5.41) is 0. The van der Waals surface area contributed by atoms with E-state index in [9.17, 15) is 12.8 Å². The molecule has 0 saturated heterocycles. The average Bonchev–Trinajstić information content (AvgIpc) is 3.36. The lowest BCUT2D eigenvalue weighted by atomic mass is 10.1. The van der Waals surface area contributed by atoms with Crippen molar-refractivity contribution in [3.05, 3.63) is 41.7 Å². The van der Waals surface area contributed by atoms with Gasteiger partial charge in [0.1, 0.15) is 0 Å². The highest BCUT2D eigenvalue weighted by Gasteiger charge is 2.23. The van der Waals surface area contributed by atoms with E-state index in [1.807, 2.05) is 26.0 Å². The van der Waals surface area contributed by atoms with Gasteiger partial charge in [0.05, 0.1) is 12.4 Å². The van der Waals surface area contributed by atoms with Gasteiger partial charge < -0.3 is 4.74 Å². The summed E-state index contributed by atoms with van der Waals surface area (Å²) < 4.78 is 46.5. The molecule has 1 fully saturated rings. The number of allylic oxidation sites excluding steroid dienone is 2. The summed E-state index contributed by atoms with van der Waals surface area (Å²) in [4.78, 5) is 0. The molecular weight excluding hydrogens is 329 g/mol. The van der Waals surface area contributed by atoms with Gasteiger partial charge in [0.2, 0.25) is 10.0 Å². The topological polar surface area (TPSA) is 55.4 Å². The minimum Gasteiger partial charge on any atom is -0.490 e. The molecule has 134 valence electrons. The smallest absolute Gasteiger partial charge is 0.212 e. The molecule has 0 aliphatic heterocycles. The van der Waals surface area contributed by atoms with E-state index in [1.165, 1.54) is 6.07 Å². The Bertz CT molecular complexity index is 669. The van der Waals surface area contributed by atoms with Crippen LogP contribution >= 0.6 is 0 Å². The molecule has 1 saturated carbocycles. The number of benzene rings is 1. The maximum atomic E-state index is 13.9. The van der Waals surface area contributed by atoms with Crippen LogP contribution in [0.1, 0.15) is 51.1 Å². The van der Waals surface area contributed by atoms with Crippen molar-refractivity contribution in [2.24, 2.45) is 5.92 Å². The van der Waals surface area contributed by atoms with Crippen molar-refractivity contribution in [1.82, 2.24) is 4.72 Å². The van der Waals surface area contributed by atoms with Crippen LogP contribution in [0.4, 0.5) is 4.39 Å². The van der Waals surface area contributed by atoms with E-state index in [2.05, 4.69) is 4.72 Å². The van der Waals surface area contributed by atoms with Crippen molar-refractivity contribution in [1.29, 1.82) is 0 Å². The van der Waals surface area contributed by atoms with Crippen molar-refractivity contribution in [2.75, 3.05) is 12.4 Å². The molecule has 4 nitrogen and oxygen atoms in total. The second-order valence-corrected chi connectivity index (χ2v) is 8.07. The molecular formula is C18H26FNO3S. The highest BCUT2D eigenvalue weighted by Crippen LogP contribution is 2.31. The molecule has 1 atom stereocenters. The third-order valence-electron chi connectivity index (χ3n) is 4.05. The highest BCUT2D eigenvalue weighted by atomic mass is 32.2. The number of halogens is 1. The molecule has 0 bridgehead atoms. The van der Waals surface area contributed by atoms with Crippen LogP contribution in [-0.2, 0) is 10.0 Å². The van der Waals surface area contributed by atoms with Crippen molar-refractivity contribution < 1.29 is 17.5 Å². The van der Waals surface area contributed by atoms with Gasteiger partial charge in [0.15, 0.2) is 11.6 Å². The molecule has 0 spiro atoms. The van der Waals surface area contributed by atoms with Crippen LogP contribution in [0.25, 0.3) is 0 Å². The molecule has 0 heterocycles. The summed E-state index contributed by atoms with van der Waals surface area (Å²) in [6.45, 7) is 4.27. The Morgan fingerprint density at radius 3 is 2.79 bits per heavy atom. The summed E-state index contributed by atoms with van der Waals surface area (Å²) in [7, 11) is -3.39. The largest absolute Gasteiger partial charge is 0.490 e. The molecule has 1 aromatic rings. The zero-order chi connectivity index (χ0) is 17.6. The van der Waals surface area contributed by atoms with E-state index in [1.54, 1.807) is 12.1 Å². The van der Waals surface area contributed by atoms with Gasteiger partial charge in [-0.3, -0.25) is 0 Å². The maximum Gasteiger partial charge on any atom is 0.212 e. The van der Waals surface area contributed by atoms with Gasteiger partial charge in [-0.15, -0.1) is 0 Å². The SMILES string of the molecule is C/C=C/CCS(=O)(=O)N[C@H](CC)c1ccc(F)c(OCC2CC2)c1. The minimum atomic E-state index is -3.39. The fourth-order valence-corrected chi connectivity index (χ4v) is 3.69. The zero-order valence-electron chi connectivity index (χ0n) is 14.3. The molecule has 1 aliphatic rings. The Labute approximate surface area is 144 Å². The number of rotatable bonds is 10. The number of nitrogens with one attached hydrogen (secondary N) is 1. The van der Waals surface area contributed by atoms with E-state index < -0.39 is 15.8 Å². The molecule has 0 radical (unpaired) electrons. The predicted molar refractivity (Wildman–Crippen MR) is 94.0 cm³/mol. The lowest BCUT2D eigenvalue weighted by Crippen LogP contribution is -2.30. The van der Waals surface area contributed by atoms with Gasteiger partial charge in [-0.1, -0.05) is 25.1 Å². The van der Waals surface area contributed by atoms with Gasteiger partial charge in [-0.25, -0.2) is 17.5 Å². The fourth-order valence-electron chi connectivity index (χ4n) is 2.39. The molecule has 0 unspecified atom stereocenters. The van der Waals surface area contributed by atoms with E-state index in [4.69, 9.17) is 4.74 Å². The van der Waals surface area contributed by atoms with Gasteiger partial charge in [0, 0.05) is 6.04 Å². The van der Waals surface area contributed by atoms with Gasteiger partial charge >= 0.3 is 0 Å². The molecule has 6 heteroatoms. The Balaban J connectivity index is 2.06. The minimum absolute atomic E-state index is 0.0417. The first-order chi connectivity index (χ1) is 11.4. The predicted octanol–water partition coefficient (Wildman–Crippen LogP) is 3.95. The summed E-state index contributed by atoms with van der Waals surface area (Å²) >= 11 is 0. The van der Waals surface area contributed by atoms with E-state index >= 15 is 0 Å². The molecule has 0 aromatic heterocycles. The normalized spacial score (nSPS) is 16.5. The van der Waals surface area contributed by atoms with Crippen LogP contribution in [0.2, 0.25) is 0 Å². The van der Waals surface area contributed by atoms with Crippen LogP contribution < -0.4 is 9.46 Å². The number of hydrogen-bond donors (Lipinski definition) is 1. The molecule has 1 aliphatic carbocycles. The van der Waals surface area contributed by atoms with Crippen LogP contribution in [0, 0.1) is 11.7 Å². The number of ether oxygens (including phenoxy) is 1. The summed E-state index contributed by atoms with van der Waals surface area (Å²) in [5.41, 5.74) is 0.722. The summed E-state index contributed by atoms with van der Waals surface area (Å²) in [6.07, 6.45) is 6.96. The molecule has 2 rings (SSSR count). The van der Waals surface area contributed by atoms with Gasteiger partial charge in [0.25, 0.3) is 0 Å². The van der Waals surface area contributed by atoms with Gasteiger partial charge in [-0.2, -0.15) is 0 Å². The first kappa shape index (κ1) is 18.9. The van der Waals surface area contributed by atoms with Crippen molar-refractivity contribution >= 4 is 10.0 Å². The van der Waals surface area contributed by atoms with Crippen molar-refractivity contribution in [3.63, 3.8) is 0 Å². The second-order valence-electron chi connectivity index (χ2n) is 6.20. The quantitative estimate of drug-likeness (QED) is 0.647. The first-order valence-electron chi connectivity index (χ1n) is 8.48. The molecule has 1 aromatic carbocycles. The van der Waals surface area contributed by atoms with Crippen molar-refractivity contribution in [3.8, 4) is 5.75 Å². The Kier molecular flexibility index (Phi) is 6.80. The number of sulfonamides is 1. The van der Waals surface area contributed by atoms with E-state index in [-0.39, 0.29) is 17.5 Å². The Hall–Kier alpha value is -1.40. The summed E-state index contributed by atoms with van der Waals surface area (Å²) in [6, 6.07) is 4.18. The lowest BCUT2D eigenvalue weighted by Gasteiger charge is -2.18. The molecule has 1 N–H and O–H groups in total. The van der Waals surface area contributed by atoms with Crippen LogP contribution in [0.3, 0.4) is 0 Å². The lowest BCUT2D eigenvalue weighted by molar-refractivity contribution is 0.284. The van der Waals surface area contributed by atoms with Crippen LogP contribution in [0.5, 0.6) is 5.75 Å². The Morgan fingerprint density at radius 1 is 1.42 bits per heavy atom. The number of hydrogen-bond acceptors (Lipinski definition) is 3. The van der Waals surface area contributed by atoms with Crippen LogP contribution in [0.15, 0.2) is 30.4 Å².